The number of sulfonamides is 1. The molecule has 2 rings (SSSR count). The van der Waals surface area contributed by atoms with Gasteiger partial charge in [-0.2, -0.15) is 4.31 Å². The first kappa shape index (κ1) is 21.5. The van der Waals surface area contributed by atoms with E-state index in [1.807, 2.05) is 0 Å². The van der Waals surface area contributed by atoms with Crippen LogP contribution in [0.1, 0.15) is 29.8 Å². The second kappa shape index (κ2) is 9.43. The molecule has 7 nitrogen and oxygen atoms in total. The molecule has 0 aliphatic heterocycles. The number of nitrogens with zero attached hydrogens (tertiary/aromatic N) is 1. The number of hydrogen-bond acceptors (Lipinski definition) is 4. The Bertz CT molecular complexity index is 959. The number of nitrogens with one attached hydrogen (secondary N) is 2. The first-order chi connectivity index (χ1) is 13.3. The number of amides is 2. The van der Waals surface area contributed by atoms with Crippen molar-refractivity contribution < 1.29 is 22.4 Å². The molecular formula is C19H22FN3O4S. The summed E-state index contributed by atoms with van der Waals surface area (Å²) in [5.74, 6) is -1.80. The molecule has 0 aliphatic rings. The third kappa shape index (κ3) is 5.14. The van der Waals surface area contributed by atoms with Crippen LogP contribution in [0.2, 0.25) is 0 Å². The van der Waals surface area contributed by atoms with Crippen LogP contribution in [-0.2, 0) is 21.2 Å². The fourth-order valence-electron chi connectivity index (χ4n) is 2.57. The smallest absolute Gasteiger partial charge is 0.269 e. The minimum atomic E-state index is -3.71. The van der Waals surface area contributed by atoms with Crippen molar-refractivity contribution in [1.82, 2.24) is 15.2 Å². The lowest BCUT2D eigenvalue weighted by Gasteiger charge is -2.18. The number of benzene rings is 2. The molecule has 2 N–H and O–H groups in total. The monoisotopic (exact) mass is 407 g/mol. The Morgan fingerprint density at radius 3 is 2.32 bits per heavy atom. The Labute approximate surface area is 163 Å². The van der Waals surface area contributed by atoms with E-state index < -0.39 is 27.7 Å². The van der Waals surface area contributed by atoms with Crippen LogP contribution in [0.4, 0.5) is 4.39 Å². The quantitative estimate of drug-likeness (QED) is 0.685. The van der Waals surface area contributed by atoms with Crippen molar-refractivity contribution in [2.75, 3.05) is 13.1 Å². The molecule has 0 unspecified atom stereocenters. The van der Waals surface area contributed by atoms with E-state index in [1.165, 1.54) is 46.8 Å². The summed E-state index contributed by atoms with van der Waals surface area (Å²) < 4.78 is 40.0. The Hall–Kier alpha value is -2.78. The average Bonchev–Trinajstić information content (AvgIpc) is 2.68. The van der Waals surface area contributed by atoms with E-state index in [2.05, 4.69) is 10.9 Å². The lowest BCUT2D eigenvalue weighted by molar-refractivity contribution is -0.121. The minimum Gasteiger partial charge on any atom is -0.273 e. The highest BCUT2D eigenvalue weighted by Gasteiger charge is 2.22. The molecule has 0 bridgehead atoms. The van der Waals surface area contributed by atoms with Gasteiger partial charge in [0.05, 0.1) is 11.3 Å². The maximum absolute atomic E-state index is 13.6. The summed E-state index contributed by atoms with van der Waals surface area (Å²) >= 11 is 0. The van der Waals surface area contributed by atoms with Gasteiger partial charge in [-0.05, 0) is 29.8 Å². The van der Waals surface area contributed by atoms with E-state index >= 15 is 0 Å². The topological polar surface area (TPSA) is 95.6 Å². The summed E-state index contributed by atoms with van der Waals surface area (Å²) in [6, 6.07) is 11.4. The van der Waals surface area contributed by atoms with Gasteiger partial charge in [-0.1, -0.05) is 38.1 Å². The number of hydrazine groups is 1. The molecule has 0 saturated carbocycles. The number of hydrogen-bond donors (Lipinski definition) is 2. The maximum atomic E-state index is 13.6. The number of halogens is 1. The first-order valence-corrected chi connectivity index (χ1v) is 10.2. The third-order valence-corrected chi connectivity index (χ3v) is 6.11. The van der Waals surface area contributed by atoms with Gasteiger partial charge in [0.25, 0.3) is 5.91 Å². The molecule has 9 heteroatoms. The predicted octanol–water partition coefficient (Wildman–Crippen LogP) is 1.86. The van der Waals surface area contributed by atoms with Crippen molar-refractivity contribution in [2.24, 2.45) is 0 Å². The molecule has 2 aromatic carbocycles. The van der Waals surface area contributed by atoms with Crippen LogP contribution in [0, 0.1) is 5.82 Å². The minimum absolute atomic E-state index is 0.0125. The highest BCUT2D eigenvalue weighted by molar-refractivity contribution is 7.89. The van der Waals surface area contributed by atoms with Gasteiger partial charge in [0, 0.05) is 18.7 Å². The van der Waals surface area contributed by atoms with Crippen LogP contribution in [0.5, 0.6) is 0 Å². The zero-order chi connectivity index (χ0) is 20.7. The molecule has 150 valence electrons. The summed E-state index contributed by atoms with van der Waals surface area (Å²) in [5, 5.41) is 0. The molecule has 0 aromatic heterocycles. The summed E-state index contributed by atoms with van der Waals surface area (Å²) in [5.41, 5.74) is 4.66. The van der Waals surface area contributed by atoms with E-state index in [4.69, 9.17) is 0 Å². The Morgan fingerprint density at radius 1 is 1.00 bits per heavy atom. The second-order valence-electron chi connectivity index (χ2n) is 5.89. The Morgan fingerprint density at radius 2 is 1.68 bits per heavy atom. The second-order valence-corrected chi connectivity index (χ2v) is 7.83. The van der Waals surface area contributed by atoms with Gasteiger partial charge < -0.3 is 0 Å². The van der Waals surface area contributed by atoms with Crippen LogP contribution in [-0.4, -0.2) is 37.6 Å². The summed E-state index contributed by atoms with van der Waals surface area (Å²) in [6.07, 6.45) is -0.247. The van der Waals surface area contributed by atoms with Gasteiger partial charge in [0.15, 0.2) is 0 Å². The normalized spacial score (nSPS) is 11.3. The van der Waals surface area contributed by atoms with E-state index in [9.17, 15) is 22.4 Å². The molecule has 0 radical (unpaired) electrons. The molecule has 0 heterocycles. The van der Waals surface area contributed by atoms with Crippen LogP contribution < -0.4 is 10.9 Å². The van der Waals surface area contributed by atoms with Crippen molar-refractivity contribution in [3.05, 3.63) is 65.5 Å². The molecule has 0 aliphatic carbocycles. The first-order valence-electron chi connectivity index (χ1n) is 8.72. The molecule has 0 spiro atoms. The standard InChI is InChI=1S/C19H22FN3O4S/c1-3-23(4-2)28(26,27)16-10-7-9-15(12-16)19(25)22-21-18(24)13-14-8-5-6-11-17(14)20/h5-12H,3-4,13H2,1-2H3,(H,21,24)(H,22,25). The zero-order valence-corrected chi connectivity index (χ0v) is 16.4. The van der Waals surface area contributed by atoms with Crippen LogP contribution in [0.15, 0.2) is 53.4 Å². The average molecular weight is 407 g/mol. The SMILES string of the molecule is CCN(CC)S(=O)(=O)c1cccc(C(=O)NNC(=O)Cc2ccccc2F)c1. The van der Waals surface area contributed by atoms with Crippen LogP contribution in [0.3, 0.4) is 0 Å². The highest BCUT2D eigenvalue weighted by atomic mass is 32.2. The largest absolute Gasteiger partial charge is 0.273 e. The van der Waals surface area contributed by atoms with E-state index in [0.717, 1.165) is 0 Å². The van der Waals surface area contributed by atoms with E-state index in [-0.39, 0.29) is 22.4 Å². The number of rotatable bonds is 7. The van der Waals surface area contributed by atoms with Gasteiger partial charge >= 0.3 is 0 Å². The molecule has 0 atom stereocenters. The van der Waals surface area contributed by atoms with Crippen molar-refractivity contribution in [2.45, 2.75) is 25.2 Å². The van der Waals surface area contributed by atoms with Crippen molar-refractivity contribution in [3.8, 4) is 0 Å². The molecule has 2 amide bonds. The fourth-order valence-corrected chi connectivity index (χ4v) is 4.07. The molecule has 2 aromatic rings. The van der Waals surface area contributed by atoms with Gasteiger partial charge in [0.1, 0.15) is 5.82 Å². The predicted molar refractivity (Wildman–Crippen MR) is 102 cm³/mol. The maximum Gasteiger partial charge on any atom is 0.269 e. The number of carbonyl (C=O) groups excluding carboxylic acids is 2. The summed E-state index contributed by atoms with van der Waals surface area (Å²) in [6.45, 7) is 4.06. The van der Waals surface area contributed by atoms with Gasteiger partial charge in [-0.15, -0.1) is 0 Å². The third-order valence-electron chi connectivity index (χ3n) is 4.06. The van der Waals surface area contributed by atoms with Gasteiger partial charge in [-0.3, -0.25) is 20.4 Å². The van der Waals surface area contributed by atoms with E-state index in [1.54, 1.807) is 19.9 Å². The van der Waals surface area contributed by atoms with Crippen molar-refractivity contribution in [1.29, 1.82) is 0 Å². The van der Waals surface area contributed by atoms with Gasteiger partial charge in [-0.25, -0.2) is 12.8 Å². The summed E-state index contributed by atoms with van der Waals surface area (Å²) in [4.78, 5) is 24.1. The lowest BCUT2D eigenvalue weighted by Crippen LogP contribution is -2.42. The highest BCUT2D eigenvalue weighted by Crippen LogP contribution is 2.17. The fraction of sp³-hybridized carbons (Fsp3) is 0.263. The Balaban J connectivity index is 2.05. The zero-order valence-electron chi connectivity index (χ0n) is 15.6. The Kier molecular flexibility index (Phi) is 7.24. The molecule has 28 heavy (non-hydrogen) atoms. The van der Waals surface area contributed by atoms with Crippen molar-refractivity contribution >= 4 is 21.8 Å². The van der Waals surface area contributed by atoms with Crippen molar-refractivity contribution in [3.63, 3.8) is 0 Å². The number of carbonyl (C=O) groups is 2. The van der Waals surface area contributed by atoms with Crippen LogP contribution >= 0.6 is 0 Å². The summed E-state index contributed by atoms with van der Waals surface area (Å²) in [7, 11) is -3.71. The van der Waals surface area contributed by atoms with E-state index in [0.29, 0.717) is 13.1 Å². The van der Waals surface area contributed by atoms with Gasteiger partial charge in [0.2, 0.25) is 15.9 Å². The lowest BCUT2D eigenvalue weighted by atomic mass is 10.1. The molecule has 0 saturated heterocycles. The molecular weight excluding hydrogens is 385 g/mol. The van der Waals surface area contributed by atoms with Crippen LogP contribution in [0.25, 0.3) is 0 Å². The molecule has 0 fully saturated rings.